The first-order valence-electron chi connectivity index (χ1n) is 10.9. The first-order valence-corrected chi connectivity index (χ1v) is 11.7. The first-order chi connectivity index (χ1) is 15.7. The van der Waals surface area contributed by atoms with Gasteiger partial charge in [0.1, 0.15) is 0 Å². The van der Waals surface area contributed by atoms with Gasteiger partial charge in [-0.2, -0.15) is 17.7 Å². The summed E-state index contributed by atoms with van der Waals surface area (Å²) in [4.78, 5) is 19.5. The quantitative estimate of drug-likeness (QED) is 0.524. The molecule has 0 amide bonds. The molecule has 11 heteroatoms. The summed E-state index contributed by atoms with van der Waals surface area (Å²) in [5.74, 6) is -0.0426. The monoisotopic (exact) mass is 482 g/mol. The second-order valence-corrected chi connectivity index (χ2v) is 8.96. The summed E-state index contributed by atoms with van der Waals surface area (Å²) in [5, 5.41) is 15.2. The molecule has 1 aliphatic heterocycles. The number of nitrogens with zero attached hydrogens (tertiary/aromatic N) is 4. The molecular weight excluding hydrogens is 457 g/mol. The van der Waals surface area contributed by atoms with E-state index in [9.17, 15) is 23.1 Å². The molecule has 0 saturated carbocycles. The molecule has 1 unspecified atom stereocenters. The minimum atomic E-state index is -4.48. The fraction of sp³-hybridized carbons (Fsp3) is 0.500. The van der Waals surface area contributed by atoms with Crippen molar-refractivity contribution in [2.75, 3.05) is 19.7 Å². The number of esters is 1. The SMILES string of the molecule is CCOC(=O)C1CCN(C(c2cccc(C(F)(F)F)c2)c2sc3nc(CC)nn3c2O)CC1. The van der Waals surface area contributed by atoms with Crippen molar-refractivity contribution in [2.24, 2.45) is 5.92 Å². The number of hydrogen-bond acceptors (Lipinski definition) is 7. The summed E-state index contributed by atoms with van der Waals surface area (Å²) in [6.45, 7) is 4.90. The van der Waals surface area contributed by atoms with E-state index in [0.717, 1.165) is 12.1 Å². The normalized spacial score (nSPS) is 16.9. The average Bonchev–Trinajstić information content (AvgIpc) is 3.33. The van der Waals surface area contributed by atoms with E-state index in [1.165, 1.54) is 21.9 Å². The number of aromatic nitrogens is 3. The van der Waals surface area contributed by atoms with Crippen LogP contribution in [0.15, 0.2) is 24.3 Å². The number of likely N-dealkylation sites (tertiary alicyclic amines) is 1. The van der Waals surface area contributed by atoms with Gasteiger partial charge in [0, 0.05) is 6.42 Å². The van der Waals surface area contributed by atoms with Gasteiger partial charge in [-0.25, -0.2) is 4.98 Å². The van der Waals surface area contributed by atoms with Gasteiger partial charge in [-0.1, -0.05) is 30.4 Å². The lowest BCUT2D eigenvalue weighted by Gasteiger charge is -2.36. The summed E-state index contributed by atoms with van der Waals surface area (Å²) in [6.07, 6.45) is -2.84. The highest BCUT2D eigenvalue weighted by Gasteiger charge is 2.36. The Balaban J connectivity index is 1.72. The van der Waals surface area contributed by atoms with Crippen LogP contribution in [0.4, 0.5) is 13.2 Å². The second-order valence-electron chi connectivity index (χ2n) is 7.95. The molecule has 0 radical (unpaired) electrons. The molecule has 7 nitrogen and oxygen atoms in total. The molecule has 1 atom stereocenters. The van der Waals surface area contributed by atoms with Crippen molar-refractivity contribution in [3.8, 4) is 5.88 Å². The lowest BCUT2D eigenvalue weighted by Crippen LogP contribution is -2.39. The highest BCUT2D eigenvalue weighted by atomic mass is 32.1. The zero-order chi connectivity index (χ0) is 23.8. The van der Waals surface area contributed by atoms with E-state index in [0.29, 0.717) is 60.2 Å². The van der Waals surface area contributed by atoms with Crippen LogP contribution in [0.25, 0.3) is 4.96 Å². The van der Waals surface area contributed by atoms with Crippen LogP contribution < -0.4 is 0 Å². The standard InChI is InChI=1S/C22H25F3N4O3S/c1-3-16-26-21-29(27-16)19(30)18(33-21)17(14-6-5-7-15(12-14)22(23,24)25)28-10-8-13(9-11-28)20(31)32-4-2/h5-7,12-13,17,30H,3-4,8-11H2,1-2H3. The minimum absolute atomic E-state index is 0.128. The molecule has 0 spiro atoms. The van der Waals surface area contributed by atoms with E-state index in [1.807, 2.05) is 11.8 Å². The molecule has 0 aliphatic carbocycles. The van der Waals surface area contributed by atoms with Gasteiger partial charge in [-0.15, -0.1) is 5.10 Å². The number of benzene rings is 1. The van der Waals surface area contributed by atoms with Crippen molar-refractivity contribution in [3.05, 3.63) is 46.1 Å². The Kier molecular flexibility index (Phi) is 6.62. The number of hydrogen-bond donors (Lipinski definition) is 1. The zero-order valence-electron chi connectivity index (χ0n) is 18.3. The highest BCUT2D eigenvalue weighted by molar-refractivity contribution is 7.17. The number of fused-ring (bicyclic) bond motifs is 1. The molecule has 178 valence electrons. The maximum absolute atomic E-state index is 13.4. The van der Waals surface area contributed by atoms with E-state index >= 15 is 0 Å². The number of alkyl halides is 3. The van der Waals surface area contributed by atoms with Gasteiger partial charge in [-0.05, 0) is 50.6 Å². The number of carbonyl (C=O) groups excluding carboxylic acids is 1. The van der Waals surface area contributed by atoms with Crippen LogP contribution in [-0.4, -0.2) is 50.3 Å². The predicted molar refractivity (Wildman–Crippen MR) is 116 cm³/mol. The number of ether oxygens (including phenoxy) is 1. The van der Waals surface area contributed by atoms with Crippen LogP contribution in [0.2, 0.25) is 0 Å². The molecule has 4 rings (SSSR count). The van der Waals surface area contributed by atoms with Crippen LogP contribution in [0.3, 0.4) is 0 Å². The van der Waals surface area contributed by atoms with Crippen molar-refractivity contribution >= 4 is 22.3 Å². The summed E-state index contributed by atoms with van der Waals surface area (Å²) in [6, 6.07) is 4.52. The molecular formula is C22H25F3N4O3S. The fourth-order valence-corrected chi connectivity index (χ4v) is 5.32. The Morgan fingerprint density at radius 3 is 2.64 bits per heavy atom. The lowest BCUT2D eigenvalue weighted by atomic mass is 9.93. The van der Waals surface area contributed by atoms with Crippen molar-refractivity contribution in [1.29, 1.82) is 0 Å². The van der Waals surface area contributed by atoms with Crippen LogP contribution in [0.5, 0.6) is 5.88 Å². The van der Waals surface area contributed by atoms with E-state index in [4.69, 9.17) is 4.74 Å². The molecule has 2 aromatic heterocycles. The molecule has 0 bridgehead atoms. The van der Waals surface area contributed by atoms with Gasteiger partial charge in [0.15, 0.2) is 5.82 Å². The number of rotatable bonds is 6. The number of thiazole rings is 1. The topological polar surface area (TPSA) is 80.0 Å². The molecule has 1 aromatic carbocycles. The molecule has 1 fully saturated rings. The van der Waals surface area contributed by atoms with Gasteiger partial charge in [0.05, 0.1) is 29.0 Å². The summed E-state index contributed by atoms with van der Waals surface area (Å²) in [5.41, 5.74) is -0.339. The molecule has 33 heavy (non-hydrogen) atoms. The zero-order valence-corrected chi connectivity index (χ0v) is 19.1. The Hall–Kier alpha value is -2.66. The maximum atomic E-state index is 13.4. The van der Waals surface area contributed by atoms with Crippen LogP contribution in [0, 0.1) is 5.92 Å². The first kappa shape index (κ1) is 23.5. The van der Waals surface area contributed by atoms with Gasteiger partial charge < -0.3 is 9.84 Å². The van der Waals surface area contributed by atoms with Crippen molar-refractivity contribution in [1.82, 2.24) is 19.5 Å². The Morgan fingerprint density at radius 1 is 1.30 bits per heavy atom. The molecule has 1 aliphatic rings. The lowest BCUT2D eigenvalue weighted by molar-refractivity contribution is -0.149. The minimum Gasteiger partial charge on any atom is -0.492 e. The van der Waals surface area contributed by atoms with Crippen LogP contribution in [-0.2, 0) is 22.1 Å². The molecule has 1 saturated heterocycles. The number of halogens is 3. The van der Waals surface area contributed by atoms with Gasteiger partial charge in [-0.3, -0.25) is 9.69 Å². The second kappa shape index (κ2) is 9.30. The Bertz CT molecular complexity index is 1140. The molecule has 3 heterocycles. The summed E-state index contributed by atoms with van der Waals surface area (Å²) in [7, 11) is 0. The Labute approximate surface area is 192 Å². The third-order valence-corrected chi connectivity index (χ3v) is 6.93. The van der Waals surface area contributed by atoms with Gasteiger partial charge >= 0.3 is 12.1 Å². The number of aromatic hydroxyl groups is 1. The molecule has 1 N–H and O–H groups in total. The van der Waals surface area contributed by atoms with Crippen molar-refractivity contribution in [3.63, 3.8) is 0 Å². The smallest absolute Gasteiger partial charge is 0.416 e. The third kappa shape index (κ3) is 4.70. The summed E-state index contributed by atoms with van der Waals surface area (Å²) >= 11 is 1.21. The van der Waals surface area contributed by atoms with Crippen LogP contribution in [0.1, 0.15) is 54.6 Å². The van der Waals surface area contributed by atoms with Crippen molar-refractivity contribution < 1.29 is 27.8 Å². The highest BCUT2D eigenvalue weighted by Crippen LogP contribution is 2.42. The van der Waals surface area contributed by atoms with Crippen LogP contribution >= 0.6 is 11.3 Å². The van der Waals surface area contributed by atoms with Gasteiger partial charge in [0.2, 0.25) is 10.8 Å². The molecule has 3 aromatic rings. The van der Waals surface area contributed by atoms with E-state index in [1.54, 1.807) is 13.0 Å². The third-order valence-electron chi connectivity index (χ3n) is 5.85. The Morgan fingerprint density at radius 2 is 2.03 bits per heavy atom. The predicted octanol–water partition coefficient (Wildman–Crippen LogP) is 4.44. The maximum Gasteiger partial charge on any atom is 0.416 e. The number of aryl methyl sites for hydroxylation is 1. The van der Waals surface area contributed by atoms with Crippen molar-refractivity contribution in [2.45, 2.75) is 45.3 Å². The fourth-order valence-electron chi connectivity index (χ4n) is 4.19. The summed E-state index contributed by atoms with van der Waals surface area (Å²) < 4.78 is 46.8. The van der Waals surface area contributed by atoms with E-state index in [2.05, 4.69) is 10.1 Å². The number of carbonyl (C=O) groups is 1. The van der Waals surface area contributed by atoms with E-state index < -0.39 is 17.8 Å². The van der Waals surface area contributed by atoms with E-state index in [-0.39, 0.29) is 17.8 Å². The largest absolute Gasteiger partial charge is 0.492 e. The number of piperidine rings is 1. The average molecular weight is 483 g/mol. The van der Waals surface area contributed by atoms with Gasteiger partial charge in [0.25, 0.3) is 0 Å².